The first-order valence-electron chi connectivity index (χ1n) is 6.14. The van der Waals surface area contributed by atoms with Crippen molar-refractivity contribution >= 4 is 19.7 Å². The highest BCUT2D eigenvalue weighted by Gasteiger charge is 2.28. The molecule has 0 aliphatic heterocycles. The van der Waals surface area contributed by atoms with E-state index in [2.05, 4.69) is 5.10 Å². The van der Waals surface area contributed by atoms with Crippen LogP contribution in [0.25, 0.3) is 0 Å². The molecule has 122 valence electrons. The van der Waals surface area contributed by atoms with Gasteiger partial charge in [0, 0.05) is 30.0 Å². The van der Waals surface area contributed by atoms with Gasteiger partial charge in [-0.2, -0.15) is 18.3 Å². The van der Waals surface area contributed by atoms with Gasteiger partial charge in [-0.3, -0.25) is 4.68 Å². The summed E-state index contributed by atoms with van der Waals surface area (Å²) in [4.78, 5) is -0.324. The van der Waals surface area contributed by atoms with E-state index in [1.807, 2.05) is 13.8 Å². The van der Waals surface area contributed by atoms with Crippen LogP contribution in [0.5, 0.6) is 0 Å². The van der Waals surface area contributed by atoms with Gasteiger partial charge in [0.2, 0.25) is 0 Å². The Labute approximate surface area is 125 Å². The van der Waals surface area contributed by atoms with Gasteiger partial charge in [-0.25, -0.2) is 8.42 Å². The molecule has 1 aromatic rings. The lowest BCUT2D eigenvalue weighted by Gasteiger charge is -2.06. The number of aromatic nitrogens is 2. The van der Waals surface area contributed by atoms with Crippen LogP contribution in [0.1, 0.15) is 26.0 Å². The first-order chi connectivity index (χ1) is 9.49. The molecule has 10 heteroatoms. The number of alkyl halides is 3. The number of rotatable bonds is 7. The van der Waals surface area contributed by atoms with Gasteiger partial charge in [-0.15, -0.1) is 0 Å². The third-order valence-electron chi connectivity index (χ3n) is 2.38. The Morgan fingerprint density at radius 1 is 1.43 bits per heavy atom. The molecule has 0 spiro atoms. The molecule has 1 aromatic heterocycles. The zero-order valence-corrected chi connectivity index (χ0v) is 13.1. The van der Waals surface area contributed by atoms with Crippen molar-refractivity contribution in [2.45, 2.75) is 44.5 Å². The van der Waals surface area contributed by atoms with Gasteiger partial charge in [0.1, 0.15) is 10.6 Å². The van der Waals surface area contributed by atoms with E-state index in [0.29, 0.717) is 6.61 Å². The lowest BCUT2D eigenvalue weighted by Crippen LogP contribution is -2.12. The molecule has 21 heavy (non-hydrogen) atoms. The van der Waals surface area contributed by atoms with Crippen LogP contribution in [-0.4, -0.2) is 31.0 Å². The summed E-state index contributed by atoms with van der Waals surface area (Å²) in [6.45, 7) is 3.57. The lowest BCUT2D eigenvalue weighted by molar-refractivity contribution is -0.137. The van der Waals surface area contributed by atoms with Gasteiger partial charge in [-0.05, 0) is 5.92 Å². The second kappa shape index (κ2) is 6.97. The van der Waals surface area contributed by atoms with Crippen LogP contribution >= 0.6 is 10.7 Å². The molecule has 0 aliphatic carbocycles. The quantitative estimate of drug-likeness (QED) is 0.711. The number of halogens is 4. The highest BCUT2D eigenvalue weighted by molar-refractivity contribution is 8.13. The van der Waals surface area contributed by atoms with Crippen LogP contribution in [0.4, 0.5) is 13.2 Å². The molecule has 1 rings (SSSR count). The molecular formula is C11H16ClF3N2O3S. The van der Waals surface area contributed by atoms with Crippen molar-refractivity contribution in [2.24, 2.45) is 5.92 Å². The molecule has 0 aliphatic rings. The Hall–Kier alpha value is -0.800. The summed E-state index contributed by atoms with van der Waals surface area (Å²) < 4.78 is 65.5. The number of nitrogens with zero attached hydrogens (tertiary/aromatic N) is 2. The highest BCUT2D eigenvalue weighted by atomic mass is 35.7. The molecule has 0 unspecified atom stereocenters. The normalized spacial score (nSPS) is 13.1. The molecule has 0 aromatic carbocycles. The molecule has 1 heterocycles. The Balaban J connectivity index is 2.87. The zero-order chi connectivity index (χ0) is 16.3. The van der Waals surface area contributed by atoms with E-state index in [1.54, 1.807) is 0 Å². The summed E-state index contributed by atoms with van der Waals surface area (Å²) in [6, 6.07) is 0. The third kappa shape index (κ3) is 6.66. The highest BCUT2D eigenvalue weighted by Crippen LogP contribution is 2.23. The molecular weight excluding hydrogens is 333 g/mol. The smallest absolute Gasteiger partial charge is 0.375 e. The van der Waals surface area contributed by atoms with Crippen molar-refractivity contribution in [3.05, 3.63) is 11.9 Å². The van der Waals surface area contributed by atoms with Gasteiger partial charge in [0.25, 0.3) is 9.05 Å². The predicted molar refractivity (Wildman–Crippen MR) is 70.4 cm³/mol. The van der Waals surface area contributed by atoms with Crippen molar-refractivity contribution in [3.8, 4) is 0 Å². The fourth-order valence-corrected chi connectivity index (χ4v) is 2.51. The monoisotopic (exact) mass is 348 g/mol. The van der Waals surface area contributed by atoms with Crippen LogP contribution in [0.2, 0.25) is 0 Å². The van der Waals surface area contributed by atoms with E-state index in [9.17, 15) is 21.6 Å². The maximum atomic E-state index is 12.2. The summed E-state index contributed by atoms with van der Waals surface area (Å²) >= 11 is 0. The lowest BCUT2D eigenvalue weighted by atomic mass is 10.2. The molecule has 0 saturated carbocycles. The van der Waals surface area contributed by atoms with Crippen molar-refractivity contribution in [2.75, 3.05) is 6.61 Å². The fourth-order valence-electron chi connectivity index (χ4n) is 1.49. The first-order valence-corrected chi connectivity index (χ1v) is 8.45. The van der Waals surface area contributed by atoms with E-state index >= 15 is 0 Å². The molecule has 0 atom stereocenters. The topological polar surface area (TPSA) is 61.2 Å². The van der Waals surface area contributed by atoms with Crippen molar-refractivity contribution in [3.63, 3.8) is 0 Å². The summed E-state index contributed by atoms with van der Waals surface area (Å²) in [7, 11) is 1.16. The second-order valence-corrected chi connectivity index (χ2v) is 7.45. The minimum atomic E-state index is -4.35. The minimum Gasteiger partial charge on any atom is -0.375 e. The average molecular weight is 349 g/mol. The Kier molecular flexibility index (Phi) is 6.06. The largest absolute Gasteiger partial charge is 0.390 e. The number of hydrogen-bond acceptors (Lipinski definition) is 4. The molecule has 0 fully saturated rings. The molecule has 0 radical (unpaired) electrons. The van der Waals surface area contributed by atoms with Crippen LogP contribution in [0.15, 0.2) is 11.1 Å². The zero-order valence-electron chi connectivity index (χ0n) is 11.5. The summed E-state index contributed by atoms with van der Waals surface area (Å²) in [6.07, 6.45) is -4.47. The number of hydrogen-bond donors (Lipinski definition) is 0. The van der Waals surface area contributed by atoms with Gasteiger partial charge in [0.15, 0.2) is 0 Å². The van der Waals surface area contributed by atoms with Crippen molar-refractivity contribution < 1.29 is 26.3 Å². The van der Waals surface area contributed by atoms with E-state index in [4.69, 9.17) is 15.4 Å². The third-order valence-corrected chi connectivity index (χ3v) is 3.74. The van der Waals surface area contributed by atoms with Crippen molar-refractivity contribution in [1.82, 2.24) is 9.78 Å². The standard InChI is InChI=1S/C11H16ClF3N2O3S/c1-8(2)6-20-7-9-10(21(12,18)19)5-17(16-9)4-3-11(13,14)15/h5,8H,3-4,6-7H2,1-2H3. The van der Waals surface area contributed by atoms with E-state index in [0.717, 1.165) is 10.9 Å². The van der Waals surface area contributed by atoms with Crippen LogP contribution < -0.4 is 0 Å². The van der Waals surface area contributed by atoms with Gasteiger partial charge >= 0.3 is 6.18 Å². The molecule has 0 amide bonds. The predicted octanol–water partition coefficient (Wildman–Crippen LogP) is 2.94. The maximum Gasteiger partial charge on any atom is 0.390 e. The SMILES string of the molecule is CC(C)COCc1nn(CCC(F)(F)F)cc1S(=O)(=O)Cl. The Morgan fingerprint density at radius 3 is 2.52 bits per heavy atom. The van der Waals surface area contributed by atoms with E-state index in [1.165, 1.54) is 0 Å². The molecule has 0 saturated heterocycles. The van der Waals surface area contributed by atoms with Gasteiger partial charge in [-0.1, -0.05) is 13.8 Å². The van der Waals surface area contributed by atoms with E-state index in [-0.39, 0.29) is 23.1 Å². The van der Waals surface area contributed by atoms with Gasteiger partial charge < -0.3 is 4.74 Å². The van der Waals surface area contributed by atoms with Crippen molar-refractivity contribution in [1.29, 1.82) is 0 Å². The Bertz CT molecular complexity index is 570. The molecule has 0 N–H and O–H groups in total. The minimum absolute atomic E-state index is 0.00724. The van der Waals surface area contributed by atoms with Gasteiger partial charge in [0.05, 0.1) is 13.0 Å². The number of ether oxygens (including phenoxy) is 1. The molecule has 0 bridgehead atoms. The fraction of sp³-hybridized carbons (Fsp3) is 0.727. The van der Waals surface area contributed by atoms with Crippen LogP contribution in [0.3, 0.4) is 0 Å². The molecule has 5 nitrogen and oxygen atoms in total. The maximum absolute atomic E-state index is 12.2. The first kappa shape index (κ1) is 18.2. The average Bonchev–Trinajstić information content (AvgIpc) is 2.68. The second-order valence-electron chi connectivity index (χ2n) is 4.92. The van der Waals surface area contributed by atoms with Crippen LogP contribution in [0, 0.1) is 5.92 Å². The van der Waals surface area contributed by atoms with Crippen LogP contribution in [-0.2, 0) is 26.9 Å². The Morgan fingerprint density at radius 2 is 2.05 bits per heavy atom. The summed E-state index contributed by atoms with van der Waals surface area (Å²) in [5.41, 5.74) is 0.00724. The summed E-state index contributed by atoms with van der Waals surface area (Å²) in [5, 5.41) is 3.80. The summed E-state index contributed by atoms with van der Waals surface area (Å²) in [5.74, 6) is 0.230. The van der Waals surface area contributed by atoms with E-state index < -0.39 is 28.2 Å². The number of aryl methyl sites for hydroxylation is 1.